The first kappa shape index (κ1) is 16.8. The molecule has 0 saturated heterocycles. The van der Waals surface area contributed by atoms with Crippen molar-refractivity contribution < 1.29 is 8.78 Å². The van der Waals surface area contributed by atoms with Gasteiger partial charge in [0.15, 0.2) is 5.11 Å². The van der Waals surface area contributed by atoms with Crippen LogP contribution in [0.4, 0.5) is 14.5 Å². The zero-order chi connectivity index (χ0) is 16.1. The van der Waals surface area contributed by atoms with Crippen molar-refractivity contribution in [1.82, 2.24) is 10.2 Å². The molecule has 118 valence electrons. The van der Waals surface area contributed by atoms with Gasteiger partial charge < -0.3 is 15.5 Å². The lowest BCUT2D eigenvalue weighted by atomic mass is 10.2. The number of hydrogen-bond acceptors (Lipinski definition) is 3. The summed E-state index contributed by atoms with van der Waals surface area (Å²) in [5.74, 6) is -1.29. The number of anilines is 1. The van der Waals surface area contributed by atoms with Crippen LogP contribution in [0.5, 0.6) is 0 Å². The monoisotopic (exact) mass is 341 g/mol. The summed E-state index contributed by atoms with van der Waals surface area (Å²) in [5.41, 5.74) is 0.149. The molecule has 1 heterocycles. The number of benzene rings is 1. The van der Waals surface area contributed by atoms with E-state index in [1.165, 1.54) is 17.0 Å². The maximum atomic E-state index is 13.6. The van der Waals surface area contributed by atoms with E-state index in [2.05, 4.69) is 21.6 Å². The number of likely N-dealkylation sites (N-methyl/N-ethyl adjacent to an activating group) is 1. The van der Waals surface area contributed by atoms with Crippen LogP contribution in [0.1, 0.15) is 10.9 Å². The Morgan fingerprint density at radius 2 is 2.09 bits per heavy atom. The molecule has 0 aliphatic heterocycles. The van der Waals surface area contributed by atoms with Crippen molar-refractivity contribution in [2.45, 2.75) is 6.04 Å². The lowest BCUT2D eigenvalue weighted by Gasteiger charge is -2.24. The topological polar surface area (TPSA) is 27.3 Å². The first-order chi connectivity index (χ1) is 10.5. The summed E-state index contributed by atoms with van der Waals surface area (Å²) in [6.45, 7) is 0.585. The lowest BCUT2D eigenvalue weighted by Crippen LogP contribution is -2.36. The summed E-state index contributed by atoms with van der Waals surface area (Å²) >= 11 is 6.84. The molecular weight excluding hydrogens is 324 g/mol. The molecular formula is C15H17F2N3S2. The van der Waals surface area contributed by atoms with Gasteiger partial charge in [-0.3, -0.25) is 0 Å². The average molecular weight is 341 g/mol. The number of thiophene rings is 1. The van der Waals surface area contributed by atoms with Gasteiger partial charge in [0.25, 0.3) is 0 Å². The molecule has 1 atom stereocenters. The predicted molar refractivity (Wildman–Crippen MR) is 91.3 cm³/mol. The maximum absolute atomic E-state index is 13.6. The molecule has 0 aliphatic rings. The van der Waals surface area contributed by atoms with E-state index in [-0.39, 0.29) is 11.7 Å². The molecule has 7 heteroatoms. The highest BCUT2D eigenvalue weighted by Crippen LogP contribution is 2.22. The van der Waals surface area contributed by atoms with Crippen LogP contribution < -0.4 is 10.6 Å². The minimum atomic E-state index is -0.674. The Kier molecular flexibility index (Phi) is 5.82. The van der Waals surface area contributed by atoms with E-state index < -0.39 is 11.6 Å². The van der Waals surface area contributed by atoms with E-state index in [0.29, 0.717) is 11.7 Å². The Labute approximate surface area is 138 Å². The van der Waals surface area contributed by atoms with Crippen LogP contribution in [-0.2, 0) is 0 Å². The third kappa shape index (κ3) is 4.46. The van der Waals surface area contributed by atoms with Crippen LogP contribution in [0.3, 0.4) is 0 Å². The third-order valence-electron chi connectivity index (χ3n) is 3.13. The second-order valence-electron chi connectivity index (χ2n) is 4.95. The molecule has 0 aliphatic carbocycles. The smallest absolute Gasteiger partial charge is 0.170 e. The molecule has 0 spiro atoms. The molecule has 22 heavy (non-hydrogen) atoms. The van der Waals surface area contributed by atoms with Crippen LogP contribution in [0.2, 0.25) is 0 Å². The third-order valence-corrected chi connectivity index (χ3v) is 4.35. The predicted octanol–water partition coefficient (Wildman–Crippen LogP) is 3.62. The fourth-order valence-corrected chi connectivity index (χ4v) is 3.08. The molecule has 0 radical (unpaired) electrons. The quantitative estimate of drug-likeness (QED) is 0.813. The number of hydrogen-bond donors (Lipinski definition) is 2. The first-order valence-corrected chi connectivity index (χ1v) is 7.96. The zero-order valence-corrected chi connectivity index (χ0v) is 13.9. The standard InChI is InChI=1S/C15H17F2N3S2/c1-20(2)13(14-4-3-7-22-14)9-18-15(21)19-12-6-5-10(16)8-11(12)17/h3-8,13H,9H2,1-2H3,(H2,18,19,21)/t13-/m1/s1. The van der Waals surface area contributed by atoms with Gasteiger partial charge in [0.1, 0.15) is 11.6 Å². The molecule has 2 rings (SSSR count). The van der Waals surface area contributed by atoms with Crippen molar-refractivity contribution in [3.63, 3.8) is 0 Å². The molecule has 2 N–H and O–H groups in total. The van der Waals surface area contributed by atoms with Gasteiger partial charge in [-0.1, -0.05) is 6.07 Å². The van der Waals surface area contributed by atoms with Gasteiger partial charge in [-0.15, -0.1) is 11.3 Å². The Balaban J connectivity index is 1.94. The SMILES string of the molecule is CN(C)[C@H](CNC(=S)Nc1ccc(F)cc1F)c1cccs1. The van der Waals surface area contributed by atoms with E-state index >= 15 is 0 Å². The summed E-state index contributed by atoms with van der Waals surface area (Å²) < 4.78 is 26.4. The number of nitrogens with zero attached hydrogens (tertiary/aromatic N) is 1. The van der Waals surface area contributed by atoms with Gasteiger partial charge in [-0.05, 0) is 49.9 Å². The van der Waals surface area contributed by atoms with Crippen molar-refractivity contribution in [3.8, 4) is 0 Å². The van der Waals surface area contributed by atoms with Gasteiger partial charge in [-0.2, -0.15) is 0 Å². The highest BCUT2D eigenvalue weighted by molar-refractivity contribution is 7.80. The molecule has 0 bridgehead atoms. The fraction of sp³-hybridized carbons (Fsp3) is 0.267. The second-order valence-corrected chi connectivity index (χ2v) is 6.34. The number of thiocarbonyl (C=S) groups is 1. The van der Waals surface area contributed by atoms with E-state index in [4.69, 9.17) is 12.2 Å². The molecule has 3 nitrogen and oxygen atoms in total. The van der Waals surface area contributed by atoms with Gasteiger partial charge in [0.2, 0.25) is 0 Å². The van der Waals surface area contributed by atoms with Gasteiger partial charge in [0.05, 0.1) is 11.7 Å². The van der Waals surface area contributed by atoms with Crippen molar-refractivity contribution in [2.24, 2.45) is 0 Å². The highest BCUT2D eigenvalue weighted by atomic mass is 32.1. The van der Waals surface area contributed by atoms with Gasteiger partial charge in [0, 0.05) is 17.5 Å². The minimum Gasteiger partial charge on any atom is -0.360 e. The van der Waals surface area contributed by atoms with Crippen molar-refractivity contribution in [1.29, 1.82) is 0 Å². The summed E-state index contributed by atoms with van der Waals surface area (Å²) in [5, 5.41) is 8.13. The number of rotatable bonds is 5. The Bertz CT molecular complexity index is 630. The molecule has 1 aromatic heterocycles. The number of halogens is 2. The molecule has 0 unspecified atom stereocenters. The summed E-state index contributed by atoms with van der Waals surface area (Å²) in [6.07, 6.45) is 0. The fourth-order valence-electron chi connectivity index (χ4n) is 1.97. The van der Waals surface area contributed by atoms with Crippen LogP contribution in [0.15, 0.2) is 35.7 Å². The van der Waals surface area contributed by atoms with Crippen LogP contribution in [0.25, 0.3) is 0 Å². The zero-order valence-electron chi connectivity index (χ0n) is 12.3. The first-order valence-electron chi connectivity index (χ1n) is 6.67. The maximum Gasteiger partial charge on any atom is 0.170 e. The van der Waals surface area contributed by atoms with Gasteiger partial charge >= 0.3 is 0 Å². The largest absolute Gasteiger partial charge is 0.360 e. The Hall–Kier alpha value is -1.57. The molecule has 0 amide bonds. The summed E-state index contributed by atoms with van der Waals surface area (Å²) in [7, 11) is 3.98. The van der Waals surface area contributed by atoms with Crippen LogP contribution in [-0.4, -0.2) is 30.7 Å². The van der Waals surface area contributed by atoms with Crippen LogP contribution >= 0.6 is 23.6 Å². The summed E-state index contributed by atoms with van der Waals surface area (Å²) in [6, 6.07) is 7.55. The summed E-state index contributed by atoms with van der Waals surface area (Å²) in [4.78, 5) is 3.30. The van der Waals surface area contributed by atoms with Crippen LogP contribution in [0, 0.1) is 11.6 Å². The highest BCUT2D eigenvalue weighted by Gasteiger charge is 2.15. The second kappa shape index (κ2) is 7.62. The average Bonchev–Trinajstić information content (AvgIpc) is 2.96. The Morgan fingerprint density at radius 1 is 1.32 bits per heavy atom. The normalized spacial score (nSPS) is 12.2. The molecule has 0 saturated carbocycles. The number of nitrogens with one attached hydrogen (secondary N) is 2. The van der Waals surface area contributed by atoms with E-state index in [1.54, 1.807) is 11.3 Å². The van der Waals surface area contributed by atoms with E-state index in [9.17, 15) is 8.78 Å². The Morgan fingerprint density at radius 3 is 2.68 bits per heavy atom. The van der Waals surface area contributed by atoms with Crippen molar-refractivity contribution in [2.75, 3.05) is 26.0 Å². The lowest BCUT2D eigenvalue weighted by molar-refractivity contribution is 0.303. The minimum absolute atomic E-state index is 0.149. The molecule has 2 aromatic rings. The van der Waals surface area contributed by atoms with Crippen molar-refractivity contribution >= 4 is 34.4 Å². The van der Waals surface area contributed by atoms with E-state index in [0.717, 1.165) is 6.07 Å². The molecule has 0 fully saturated rings. The van der Waals surface area contributed by atoms with Gasteiger partial charge in [-0.25, -0.2) is 8.78 Å². The molecule has 1 aromatic carbocycles. The van der Waals surface area contributed by atoms with Crippen molar-refractivity contribution in [3.05, 3.63) is 52.2 Å². The van der Waals surface area contributed by atoms with E-state index in [1.807, 2.05) is 25.5 Å².